The summed E-state index contributed by atoms with van der Waals surface area (Å²) in [6, 6.07) is 0.384. The lowest BCUT2D eigenvalue weighted by atomic mass is 10.0. The predicted molar refractivity (Wildman–Crippen MR) is 80.6 cm³/mol. The largest absolute Gasteiger partial charge is 0.376 e. The molecule has 0 aliphatic carbocycles. The number of fused-ring (bicyclic) bond motifs is 1. The van der Waals surface area contributed by atoms with Gasteiger partial charge < -0.3 is 14.8 Å². The van der Waals surface area contributed by atoms with Crippen molar-refractivity contribution in [3.8, 4) is 0 Å². The molecule has 4 heterocycles. The number of hydrogen-bond acceptors (Lipinski definition) is 4. The van der Waals surface area contributed by atoms with Crippen molar-refractivity contribution < 1.29 is 9.47 Å². The first-order valence-electron chi connectivity index (χ1n) is 8.34. The molecule has 0 amide bonds. The van der Waals surface area contributed by atoms with Crippen molar-refractivity contribution >= 4 is 5.82 Å². The first-order chi connectivity index (χ1) is 10.2. The fourth-order valence-electron chi connectivity index (χ4n) is 4.01. The lowest BCUT2D eigenvalue weighted by Crippen LogP contribution is -2.32. The van der Waals surface area contributed by atoms with Gasteiger partial charge in [-0.15, -0.1) is 0 Å². The van der Waals surface area contributed by atoms with Crippen molar-refractivity contribution in [1.82, 2.24) is 9.78 Å². The molecule has 3 aliphatic heterocycles. The molecule has 5 nitrogen and oxygen atoms in total. The van der Waals surface area contributed by atoms with Crippen molar-refractivity contribution in [3.05, 3.63) is 11.3 Å². The van der Waals surface area contributed by atoms with Crippen LogP contribution in [0.1, 0.15) is 62.4 Å². The quantitative estimate of drug-likeness (QED) is 0.910. The van der Waals surface area contributed by atoms with Crippen LogP contribution in [-0.4, -0.2) is 35.1 Å². The van der Waals surface area contributed by atoms with Gasteiger partial charge in [0.1, 0.15) is 11.9 Å². The van der Waals surface area contributed by atoms with Crippen LogP contribution in [0.2, 0.25) is 0 Å². The Bertz CT molecular complexity index is 522. The molecule has 2 saturated heterocycles. The lowest BCUT2D eigenvalue weighted by Gasteiger charge is -2.29. The van der Waals surface area contributed by atoms with Gasteiger partial charge >= 0.3 is 0 Å². The van der Waals surface area contributed by atoms with Crippen LogP contribution in [-0.2, 0) is 9.47 Å². The summed E-state index contributed by atoms with van der Waals surface area (Å²) in [6.45, 7) is 6.24. The van der Waals surface area contributed by atoms with E-state index in [0.29, 0.717) is 18.2 Å². The van der Waals surface area contributed by atoms with Gasteiger partial charge in [0.15, 0.2) is 0 Å². The van der Waals surface area contributed by atoms with Crippen molar-refractivity contribution in [2.24, 2.45) is 0 Å². The highest BCUT2D eigenvalue weighted by Crippen LogP contribution is 2.39. The SMILES string of the molecule is Cc1c(C2CCC(C)O2)nn2c1NCCC2C1CCCO1. The molecule has 0 bridgehead atoms. The zero-order chi connectivity index (χ0) is 14.4. The van der Waals surface area contributed by atoms with Crippen LogP contribution in [0.15, 0.2) is 0 Å². The molecule has 2 fully saturated rings. The fraction of sp³-hybridized carbons (Fsp3) is 0.812. The van der Waals surface area contributed by atoms with E-state index in [9.17, 15) is 0 Å². The molecule has 0 saturated carbocycles. The normalized spacial score (nSPS) is 35.7. The van der Waals surface area contributed by atoms with Crippen LogP contribution in [0, 0.1) is 6.92 Å². The minimum absolute atomic E-state index is 0.171. The average molecular weight is 291 g/mol. The van der Waals surface area contributed by atoms with Gasteiger partial charge in [-0.1, -0.05) is 0 Å². The Hall–Kier alpha value is -1.07. The number of hydrogen-bond donors (Lipinski definition) is 1. The van der Waals surface area contributed by atoms with Crippen LogP contribution in [0.25, 0.3) is 0 Å². The van der Waals surface area contributed by atoms with Crippen molar-refractivity contribution in [2.75, 3.05) is 18.5 Å². The molecule has 1 aromatic rings. The fourth-order valence-corrected chi connectivity index (χ4v) is 4.01. The van der Waals surface area contributed by atoms with Gasteiger partial charge in [-0.05, 0) is 46.0 Å². The molecule has 21 heavy (non-hydrogen) atoms. The topological polar surface area (TPSA) is 48.3 Å². The van der Waals surface area contributed by atoms with E-state index in [2.05, 4.69) is 23.8 Å². The molecule has 0 aromatic carbocycles. The van der Waals surface area contributed by atoms with Gasteiger partial charge in [0.05, 0.1) is 23.9 Å². The Morgan fingerprint density at radius 1 is 1.24 bits per heavy atom. The molecule has 3 aliphatic rings. The summed E-state index contributed by atoms with van der Waals surface area (Å²) in [4.78, 5) is 0. The maximum atomic E-state index is 6.03. The van der Waals surface area contributed by atoms with Gasteiger partial charge in [0.2, 0.25) is 0 Å². The van der Waals surface area contributed by atoms with Gasteiger partial charge in [-0.3, -0.25) is 0 Å². The molecule has 0 spiro atoms. The third-order valence-corrected chi connectivity index (χ3v) is 5.16. The van der Waals surface area contributed by atoms with Crippen molar-refractivity contribution in [1.29, 1.82) is 0 Å². The van der Waals surface area contributed by atoms with Crippen LogP contribution >= 0.6 is 0 Å². The van der Waals surface area contributed by atoms with Crippen LogP contribution in [0.5, 0.6) is 0 Å². The summed E-state index contributed by atoms with van der Waals surface area (Å²) in [5, 5.41) is 8.47. The highest BCUT2D eigenvalue weighted by atomic mass is 16.5. The number of aromatic nitrogens is 2. The highest BCUT2D eigenvalue weighted by Gasteiger charge is 2.35. The Morgan fingerprint density at radius 3 is 2.86 bits per heavy atom. The van der Waals surface area contributed by atoms with Crippen LogP contribution in [0.4, 0.5) is 5.82 Å². The Kier molecular flexibility index (Phi) is 3.42. The summed E-state index contributed by atoms with van der Waals surface area (Å²) in [6.07, 6.45) is 6.52. The Morgan fingerprint density at radius 2 is 2.14 bits per heavy atom. The third-order valence-electron chi connectivity index (χ3n) is 5.16. The number of ether oxygens (including phenoxy) is 2. The van der Waals surface area contributed by atoms with Crippen molar-refractivity contribution in [3.63, 3.8) is 0 Å². The zero-order valence-corrected chi connectivity index (χ0v) is 13.0. The number of anilines is 1. The number of nitrogens with zero attached hydrogens (tertiary/aromatic N) is 2. The smallest absolute Gasteiger partial charge is 0.128 e. The van der Waals surface area contributed by atoms with Crippen LogP contribution in [0.3, 0.4) is 0 Å². The average Bonchev–Trinajstić information content (AvgIpc) is 3.19. The van der Waals surface area contributed by atoms with E-state index < -0.39 is 0 Å². The van der Waals surface area contributed by atoms with E-state index in [4.69, 9.17) is 14.6 Å². The van der Waals surface area contributed by atoms with E-state index >= 15 is 0 Å². The standard InChI is InChI=1S/C16H25N3O2/c1-10-5-6-14(21-10)15-11(2)16-17-8-7-12(19(16)18-15)13-4-3-9-20-13/h10,12-14,17H,3-9H2,1-2H3. The number of rotatable bonds is 2. The molecule has 0 radical (unpaired) electrons. The minimum atomic E-state index is 0.171. The zero-order valence-electron chi connectivity index (χ0n) is 13.0. The maximum absolute atomic E-state index is 6.03. The van der Waals surface area contributed by atoms with E-state index in [1.165, 1.54) is 17.8 Å². The van der Waals surface area contributed by atoms with Crippen molar-refractivity contribution in [2.45, 2.75) is 70.3 Å². The molecule has 1 aromatic heterocycles. The Balaban J connectivity index is 1.66. The second-order valence-corrected chi connectivity index (χ2v) is 6.65. The van der Waals surface area contributed by atoms with E-state index in [1.807, 2.05) is 0 Å². The summed E-state index contributed by atoms with van der Waals surface area (Å²) in [5.74, 6) is 1.18. The second-order valence-electron chi connectivity index (χ2n) is 6.65. The van der Waals surface area contributed by atoms with Crippen LogP contribution < -0.4 is 5.32 Å². The molecule has 4 rings (SSSR count). The highest BCUT2D eigenvalue weighted by molar-refractivity contribution is 5.49. The maximum Gasteiger partial charge on any atom is 0.128 e. The Labute approximate surface area is 126 Å². The molecule has 116 valence electrons. The van der Waals surface area contributed by atoms with Gasteiger partial charge in [-0.25, -0.2) is 4.68 Å². The van der Waals surface area contributed by atoms with Gasteiger partial charge in [-0.2, -0.15) is 5.10 Å². The monoisotopic (exact) mass is 291 g/mol. The lowest BCUT2D eigenvalue weighted by molar-refractivity contribution is 0.0478. The molecular weight excluding hydrogens is 266 g/mol. The summed E-state index contributed by atoms with van der Waals surface area (Å²) >= 11 is 0. The van der Waals surface area contributed by atoms with E-state index in [-0.39, 0.29) is 6.10 Å². The molecule has 4 unspecified atom stereocenters. The van der Waals surface area contributed by atoms with E-state index in [1.54, 1.807) is 0 Å². The second kappa shape index (κ2) is 5.29. The first-order valence-corrected chi connectivity index (χ1v) is 8.34. The first kappa shape index (κ1) is 13.6. The summed E-state index contributed by atoms with van der Waals surface area (Å²) in [7, 11) is 0. The van der Waals surface area contributed by atoms with E-state index in [0.717, 1.165) is 44.5 Å². The van der Waals surface area contributed by atoms with Gasteiger partial charge in [0, 0.05) is 18.7 Å². The van der Waals surface area contributed by atoms with Gasteiger partial charge in [0.25, 0.3) is 0 Å². The minimum Gasteiger partial charge on any atom is -0.376 e. The summed E-state index contributed by atoms with van der Waals surface area (Å²) < 4.78 is 14.1. The molecule has 5 heteroatoms. The molecule has 4 atom stereocenters. The predicted octanol–water partition coefficient (Wildman–Crippen LogP) is 2.97. The third kappa shape index (κ3) is 2.27. The number of nitrogens with one attached hydrogen (secondary N) is 1. The summed E-state index contributed by atoms with van der Waals surface area (Å²) in [5.41, 5.74) is 2.39. The molecular formula is C16H25N3O2. The molecule has 1 N–H and O–H groups in total.